The van der Waals surface area contributed by atoms with E-state index < -0.39 is 0 Å². The van der Waals surface area contributed by atoms with Crippen LogP contribution in [0.2, 0.25) is 0 Å². The number of rotatable bonds is 4. The van der Waals surface area contributed by atoms with E-state index in [9.17, 15) is 4.79 Å². The van der Waals surface area contributed by atoms with E-state index >= 15 is 0 Å². The number of halogens is 1. The molecule has 1 saturated carbocycles. The summed E-state index contributed by atoms with van der Waals surface area (Å²) in [4.78, 5) is 14.0. The van der Waals surface area contributed by atoms with Crippen molar-refractivity contribution in [1.82, 2.24) is 10.6 Å². The van der Waals surface area contributed by atoms with Crippen LogP contribution in [0.1, 0.15) is 32.1 Å². The van der Waals surface area contributed by atoms with Crippen LogP contribution in [0.3, 0.4) is 0 Å². The van der Waals surface area contributed by atoms with E-state index in [4.69, 9.17) is 0 Å². The van der Waals surface area contributed by atoms with Gasteiger partial charge in [0.2, 0.25) is 5.91 Å². The number of hydrogen-bond donors (Lipinski definition) is 2. The Labute approximate surface area is 137 Å². The molecule has 1 atom stereocenters. The van der Waals surface area contributed by atoms with Crippen LogP contribution in [-0.2, 0) is 4.79 Å². The van der Waals surface area contributed by atoms with Crippen LogP contribution in [0.4, 0.5) is 0 Å². The topological polar surface area (TPSA) is 41.1 Å². The molecule has 1 unspecified atom stereocenters. The van der Waals surface area contributed by atoms with Crippen LogP contribution in [0.5, 0.6) is 0 Å². The van der Waals surface area contributed by atoms with Crippen LogP contribution in [-0.4, -0.2) is 29.8 Å². The van der Waals surface area contributed by atoms with E-state index in [1.54, 1.807) is 11.8 Å². The zero-order valence-corrected chi connectivity index (χ0v) is 13.8. The van der Waals surface area contributed by atoms with Crippen molar-refractivity contribution in [3.8, 4) is 0 Å². The van der Waals surface area contributed by atoms with Gasteiger partial charge in [-0.1, -0.05) is 31.0 Å². The molecule has 1 aliphatic carbocycles. The molecule has 1 heterocycles. The Morgan fingerprint density at radius 2 is 1.95 bits per heavy atom. The summed E-state index contributed by atoms with van der Waals surface area (Å²) >= 11 is 1.76. The van der Waals surface area contributed by atoms with Crippen molar-refractivity contribution in [3.63, 3.8) is 0 Å². The predicted octanol–water partition coefficient (Wildman–Crippen LogP) is 2.99. The summed E-state index contributed by atoms with van der Waals surface area (Å²) in [5, 5.41) is 6.57. The first-order chi connectivity index (χ1) is 9.78. The van der Waals surface area contributed by atoms with Crippen LogP contribution >= 0.6 is 24.2 Å². The fourth-order valence-corrected chi connectivity index (χ4v) is 4.52. The maximum atomic E-state index is 12.8. The maximum Gasteiger partial charge on any atom is 0.236 e. The number of thioether (sulfide) groups is 1. The molecule has 1 aromatic carbocycles. The van der Waals surface area contributed by atoms with E-state index in [2.05, 4.69) is 22.8 Å². The average Bonchev–Trinajstić information content (AvgIpc) is 3.12. The molecule has 1 aliphatic heterocycles. The molecule has 0 spiro atoms. The molecule has 116 valence electrons. The Morgan fingerprint density at radius 1 is 1.24 bits per heavy atom. The molecule has 0 radical (unpaired) electrons. The standard InChI is InChI=1S/C16H22N2OS.ClH/c19-15(18-13-8-11-17-12-13)16(9-4-5-10-16)20-14-6-2-1-3-7-14;/h1-3,6-7,13,17H,4-5,8-12H2,(H,18,19);1H. The highest BCUT2D eigenvalue weighted by molar-refractivity contribution is 8.01. The van der Waals surface area contributed by atoms with E-state index in [0.29, 0.717) is 6.04 Å². The monoisotopic (exact) mass is 326 g/mol. The van der Waals surface area contributed by atoms with Crippen molar-refractivity contribution in [3.05, 3.63) is 30.3 Å². The highest BCUT2D eigenvalue weighted by atomic mass is 35.5. The highest BCUT2D eigenvalue weighted by Crippen LogP contribution is 2.45. The fourth-order valence-electron chi connectivity index (χ4n) is 3.13. The van der Waals surface area contributed by atoms with Crippen molar-refractivity contribution in [1.29, 1.82) is 0 Å². The summed E-state index contributed by atoms with van der Waals surface area (Å²) in [6.07, 6.45) is 5.38. The minimum atomic E-state index is -0.246. The zero-order chi connectivity index (χ0) is 13.8. The maximum absolute atomic E-state index is 12.8. The minimum absolute atomic E-state index is 0. The molecule has 5 heteroatoms. The van der Waals surface area contributed by atoms with Crippen molar-refractivity contribution >= 4 is 30.1 Å². The Hall–Kier alpha value is -0.710. The summed E-state index contributed by atoms with van der Waals surface area (Å²) in [5.41, 5.74) is 0. The van der Waals surface area contributed by atoms with Crippen molar-refractivity contribution in [2.45, 2.75) is 47.8 Å². The van der Waals surface area contributed by atoms with Crippen molar-refractivity contribution < 1.29 is 4.79 Å². The second kappa shape index (κ2) is 7.52. The van der Waals surface area contributed by atoms with Gasteiger partial charge in [-0.15, -0.1) is 24.2 Å². The van der Waals surface area contributed by atoms with Gasteiger partial charge in [-0.2, -0.15) is 0 Å². The molecule has 1 aromatic rings. The van der Waals surface area contributed by atoms with Gasteiger partial charge in [0.15, 0.2) is 0 Å². The molecule has 2 fully saturated rings. The molecule has 3 nitrogen and oxygen atoms in total. The van der Waals surface area contributed by atoms with Crippen LogP contribution < -0.4 is 10.6 Å². The lowest BCUT2D eigenvalue weighted by molar-refractivity contribution is -0.123. The minimum Gasteiger partial charge on any atom is -0.351 e. The van der Waals surface area contributed by atoms with Gasteiger partial charge in [0, 0.05) is 17.5 Å². The molecule has 2 aliphatic rings. The number of nitrogens with one attached hydrogen (secondary N) is 2. The molecule has 1 amide bonds. The molecule has 2 N–H and O–H groups in total. The Kier molecular flexibility index (Phi) is 5.97. The van der Waals surface area contributed by atoms with E-state index in [1.165, 1.54) is 4.90 Å². The zero-order valence-electron chi connectivity index (χ0n) is 12.1. The molecule has 0 aromatic heterocycles. The van der Waals surface area contributed by atoms with Gasteiger partial charge in [-0.05, 0) is 37.9 Å². The second-order valence-electron chi connectivity index (χ2n) is 5.78. The smallest absolute Gasteiger partial charge is 0.236 e. The summed E-state index contributed by atoms with van der Waals surface area (Å²) in [5.74, 6) is 0.248. The predicted molar refractivity (Wildman–Crippen MR) is 90.2 cm³/mol. The third-order valence-corrected chi connectivity index (χ3v) is 5.77. The lowest BCUT2D eigenvalue weighted by Crippen LogP contribution is -2.47. The second-order valence-corrected chi connectivity index (χ2v) is 7.24. The van der Waals surface area contributed by atoms with Crippen LogP contribution in [0.25, 0.3) is 0 Å². The quantitative estimate of drug-likeness (QED) is 0.893. The third-order valence-electron chi connectivity index (χ3n) is 4.28. The lowest BCUT2D eigenvalue weighted by Gasteiger charge is -2.28. The van der Waals surface area contributed by atoms with Crippen LogP contribution in [0.15, 0.2) is 35.2 Å². The molecule has 1 saturated heterocycles. The highest BCUT2D eigenvalue weighted by Gasteiger charge is 2.42. The van der Waals surface area contributed by atoms with Crippen LogP contribution in [0, 0.1) is 0 Å². The Morgan fingerprint density at radius 3 is 2.57 bits per heavy atom. The van der Waals surface area contributed by atoms with Gasteiger partial charge in [0.25, 0.3) is 0 Å². The molecule has 21 heavy (non-hydrogen) atoms. The van der Waals surface area contributed by atoms with Gasteiger partial charge in [-0.25, -0.2) is 0 Å². The van der Waals surface area contributed by atoms with E-state index in [0.717, 1.165) is 45.2 Å². The Bertz CT molecular complexity index is 457. The largest absolute Gasteiger partial charge is 0.351 e. The number of carbonyl (C=O) groups is 1. The third kappa shape index (κ3) is 3.93. The van der Waals surface area contributed by atoms with Gasteiger partial charge in [0.1, 0.15) is 0 Å². The molecule has 0 bridgehead atoms. The lowest BCUT2D eigenvalue weighted by atomic mass is 10.1. The number of carbonyl (C=O) groups excluding carboxylic acids is 1. The summed E-state index contributed by atoms with van der Waals surface area (Å²) in [6, 6.07) is 10.6. The normalized spacial score (nSPS) is 23.5. The first-order valence-corrected chi connectivity index (χ1v) is 8.36. The van der Waals surface area contributed by atoms with Gasteiger partial charge in [0.05, 0.1) is 4.75 Å². The van der Waals surface area contributed by atoms with Gasteiger partial charge in [-0.3, -0.25) is 4.79 Å². The SMILES string of the molecule is Cl.O=C(NC1CCNC1)C1(Sc2ccccc2)CCCC1. The number of hydrogen-bond acceptors (Lipinski definition) is 3. The summed E-state index contributed by atoms with van der Waals surface area (Å²) in [6.45, 7) is 1.93. The van der Waals surface area contributed by atoms with Crippen molar-refractivity contribution in [2.75, 3.05) is 13.1 Å². The molecular weight excluding hydrogens is 304 g/mol. The first-order valence-electron chi connectivity index (χ1n) is 7.54. The van der Waals surface area contributed by atoms with E-state index in [1.807, 2.05) is 18.2 Å². The first kappa shape index (κ1) is 16.7. The number of benzene rings is 1. The fraction of sp³-hybridized carbons (Fsp3) is 0.562. The average molecular weight is 327 g/mol. The summed E-state index contributed by atoms with van der Waals surface area (Å²) < 4.78 is -0.246. The molecular formula is C16H23ClN2OS. The number of amides is 1. The Balaban J connectivity index is 0.00000161. The van der Waals surface area contributed by atoms with E-state index in [-0.39, 0.29) is 23.1 Å². The molecule has 3 rings (SSSR count). The summed E-state index contributed by atoms with van der Waals surface area (Å²) in [7, 11) is 0. The van der Waals surface area contributed by atoms with Crippen molar-refractivity contribution in [2.24, 2.45) is 0 Å². The van der Waals surface area contributed by atoms with Gasteiger partial charge < -0.3 is 10.6 Å². The van der Waals surface area contributed by atoms with Gasteiger partial charge >= 0.3 is 0 Å².